The first-order valence-corrected chi connectivity index (χ1v) is 6.38. The number of hydrogen-bond acceptors (Lipinski definition) is 3. The van der Waals surface area contributed by atoms with Crippen LogP contribution in [0.15, 0.2) is 0 Å². The van der Waals surface area contributed by atoms with E-state index in [4.69, 9.17) is 0 Å². The smallest absolute Gasteiger partial charge is 0.314 e. The molecule has 0 aliphatic carbocycles. The van der Waals surface area contributed by atoms with Crippen LogP contribution in [0.1, 0.15) is 0 Å². The predicted octanol–water partition coefficient (Wildman–Crippen LogP) is 1.01. The zero-order valence-corrected chi connectivity index (χ0v) is 9.19. The maximum absolute atomic E-state index is 10.7. The van der Waals surface area contributed by atoms with E-state index < -0.39 is 0 Å². The Balaban J connectivity index is 2.95. The number of hydrogen-bond donors (Lipinski definition) is 2. The summed E-state index contributed by atoms with van der Waals surface area (Å²) in [6.07, 6.45) is 2.10. The standard InChI is InChI=1S/C7H16N2OS2/c1-8-7(10)9-3-4-12-6-5-11-2/h3-6H2,1-2H3,(H2,8,9,10). The van der Waals surface area contributed by atoms with Crippen molar-refractivity contribution in [1.29, 1.82) is 0 Å². The summed E-state index contributed by atoms with van der Waals surface area (Å²) in [6, 6.07) is -0.0968. The fraction of sp³-hybridized carbons (Fsp3) is 0.857. The molecule has 12 heavy (non-hydrogen) atoms. The van der Waals surface area contributed by atoms with Crippen molar-refractivity contribution in [2.24, 2.45) is 0 Å². The van der Waals surface area contributed by atoms with E-state index in [9.17, 15) is 4.79 Å². The average Bonchev–Trinajstić information content (AvgIpc) is 2.10. The van der Waals surface area contributed by atoms with Crippen LogP contribution in [0, 0.1) is 0 Å². The van der Waals surface area contributed by atoms with E-state index in [2.05, 4.69) is 16.9 Å². The summed E-state index contributed by atoms with van der Waals surface area (Å²) in [4.78, 5) is 10.7. The largest absolute Gasteiger partial charge is 0.341 e. The molecule has 0 unspecified atom stereocenters. The Kier molecular flexibility index (Phi) is 9.04. The lowest BCUT2D eigenvalue weighted by molar-refractivity contribution is 0.243. The van der Waals surface area contributed by atoms with Crippen LogP contribution >= 0.6 is 23.5 Å². The molecule has 0 aromatic rings. The number of amides is 2. The third-order valence-electron chi connectivity index (χ3n) is 1.19. The number of urea groups is 1. The lowest BCUT2D eigenvalue weighted by Gasteiger charge is -2.03. The van der Waals surface area contributed by atoms with E-state index in [0.29, 0.717) is 0 Å². The zero-order valence-electron chi connectivity index (χ0n) is 7.55. The Morgan fingerprint density at radius 3 is 2.67 bits per heavy atom. The second kappa shape index (κ2) is 9.06. The van der Waals surface area contributed by atoms with Gasteiger partial charge in [0.1, 0.15) is 0 Å². The fourth-order valence-electron chi connectivity index (χ4n) is 0.569. The van der Waals surface area contributed by atoms with E-state index in [1.165, 1.54) is 5.75 Å². The highest BCUT2D eigenvalue weighted by atomic mass is 32.2. The number of rotatable bonds is 6. The first-order chi connectivity index (χ1) is 5.81. The highest BCUT2D eigenvalue weighted by Gasteiger charge is 1.93. The molecule has 0 fully saturated rings. The SMILES string of the molecule is CNC(=O)NCCSCCSC. The molecule has 2 N–H and O–H groups in total. The normalized spacial score (nSPS) is 9.50. The average molecular weight is 208 g/mol. The lowest BCUT2D eigenvalue weighted by atomic mass is 10.7. The monoisotopic (exact) mass is 208 g/mol. The van der Waals surface area contributed by atoms with Crippen LogP contribution < -0.4 is 10.6 Å². The van der Waals surface area contributed by atoms with Gasteiger partial charge in [-0.1, -0.05) is 0 Å². The molecule has 0 saturated carbocycles. The van der Waals surface area contributed by atoms with Crippen LogP contribution in [-0.4, -0.2) is 43.1 Å². The Bertz CT molecular complexity index is 122. The summed E-state index contributed by atoms with van der Waals surface area (Å²) >= 11 is 3.72. The van der Waals surface area contributed by atoms with Crippen molar-refractivity contribution in [2.45, 2.75) is 0 Å². The highest BCUT2D eigenvalue weighted by molar-refractivity contribution is 8.02. The van der Waals surface area contributed by atoms with Gasteiger partial charge in [-0.2, -0.15) is 23.5 Å². The predicted molar refractivity (Wildman–Crippen MR) is 58.2 cm³/mol. The minimum Gasteiger partial charge on any atom is -0.341 e. The first-order valence-electron chi connectivity index (χ1n) is 3.83. The summed E-state index contributed by atoms with van der Waals surface area (Å²) in [5.41, 5.74) is 0. The number of nitrogens with one attached hydrogen (secondary N) is 2. The van der Waals surface area contributed by atoms with Crippen LogP contribution in [0.25, 0.3) is 0 Å². The summed E-state index contributed by atoms with van der Waals surface area (Å²) in [5.74, 6) is 3.34. The van der Waals surface area contributed by atoms with Gasteiger partial charge < -0.3 is 10.6 Å². The summed E-state index contributed by atoms with van der Waals surface area (Å²) in [7, 11) is 1.62. The molecule has 5 heteroatoms. The molecule has 0 saturated heterocycles. The highest BCUT2D eigenvalue weighted by Crippen LogP contribution is 2.02. The zero-order chi connectivity index (χ0) is 9.23. The van der Waals surface area contributed by atoms with Gasteiger partial charge in [0.2, 0.25) is 0 Å². The number of carbonyl (C=O) groups excluding carboxylic acids is 1. The van der Waals surface area contributed by atoms with Crippen LogP contribution in [0.2, 0.25) is 0 Å². The summed E-state index contributed by atoms with van der Waals surface area (Å²) in [6.45, 7) is 0.749. The molecular formula is C7H16N2OS2. The number of carbonyl (C=O) groups is 1. The molecule has 0 radical (unpaired) electrons. The third kappa shape index (κ3) is 8.07. The van der Waals surface area contributed by atoms with Gasteiger partial charge in [-0.25, -0.2) is 4.79 Å². The van der Waals surface area contributed by atoms with Gasteiger partial charge in [0.25, 0.3) is 0 Å². The van der Waals surface area contributed by atoms with Crippen molar-refractivity contribution >= 4 is 29.6 Å². The van der Waals surface area contributed by atoms with Crippen molar-refractivity contribution in [1.82, 2.24) is 10.6 Å². The molecule has 3 nitrogen and oxygen atoms in total. The van der Waals surface area contributed by atoms with Gasteiger partial charge in [-0.15, -0.1) is 0 Å². The van der Waals surface area contributed by atoms with E-state index in [1.807, 2.05) is 23.5 Å². The molecule has 0 aromatic carbocycles. The Morgan fingerprint density at radius 1 is 1.33 bits per heavy atom. The van der Waals surface area contributed by atoms with Crippen LogP contribution in [0.4, 0.5) is 4.79 Å². The van der Waals surface area contributed by atoms with E-state index >= 15 is 0 Å². The van der Waals surface area contributed by atoms with Crippen LogP contribution in [0.5, 0.6) is 0 Å². The molecular weight excluding hydrogens is 192 g/mol. The molecule has 0 aliphatic heterocycles. The summed E-state index contributed by atoms with van der Waals surface area (Å²) < 4.78 is 0. The van der Waals surface area contributed by atoms with Crippen LogP contribution in [0.3, 0.4) is 0 Å². The van der Waals surface area contributed by atoms with Crippen molar-refractivity contribution in [3.8, 4) is 0 Å². The molecule has 0 spiro atoms. The topological polar surface area (TPSA) is 41.1 Å². The van der Waals surface area contributed by atoms with Gasteiger partial charge in [-0.05, 0) is 6.26 Å². The molecule has 0 aliphatic rings. The molecule has 72 valence electrons. The molecule has 0 bridgehead atoms. The van der Waals surface area contributed by atoms with Gasteiger partial charge in [0, 0.05) is 30.9 Å². The van der Waals surface area contributed by atoms with Crippen molar-refractivity contribution < 1.29 is 4.79 Å². The molecule has 0 aromatic heterocycles. The van der Waals surface area contributed by atoms with E-state index in [1.54, 1.807) is 7.05 Å². The van der Waals surface area contributed by atoms with Gasteiger partial charge in [-0.3, -0.25) is 0 Å². The van der Waals surface area contributed by atoms with Gasteiger partial charge in [0.15, 0.2) is 0 Å². The Hall–Kier alpha value is -0.0300. The molecule has 2 amide bonds. The maximum Gasteiger partial charge on any atom is 0.314 e. The van der Waals surface area contributed by atoms with Gasteiger partial charge >= 0.3 is 6.03 Å². The minimum absolute atomic E-state index is 0.0968. The lowest BCUT2D eigenvalue weighted by Crippen LogP contribution is -2.34. The Morgan fingerprint density at radius 2 is 2.08 bits per heavy atom. The van der Waals surface area contributed by atoms with Crippen LogP contribution in [-0.2, 0) is 0 Å². The van der Waals surface area contributed by atoms with E-state index in [-0.39, 0.29) is 6.03 Å². The Labute approximate surface area is 82.4 Å². The quantitative estimate of drug-likeness (QED) is 0.640. The fourth-order valence-corrected chi connectivity index (χ4v) is 2.16. The van der Waals surface area contributed by atoms with Crippen molar-refractivity contribution in [3.05, 3.63) is 0 Å². The molecule has 0 atom stereocenters. The molecule has 0 rings (SSSR count). The molecule has 0 heterocycles. The maximum atomic E-state index is 10.7. The second-order valence-corrected chi connectivity index (χ2v) is 4.32. The summed E-state index contributed by atoms with van der Waals surface area (Å²) in [5, 5.41) is 5.24. The van der Waals surface area contributed by atoms with Crippen molar-refractivity contribution in [2.75, 3.05) is 37.1 Å². The van der Waals surface area contributed by atoms with Gasteiger partial charge in [0.05, 0.1) is 0 Å². The first kappa shape index (κ1) is 12.0. The van der Waals surface area contributed by atoms with E-state index in [0.717, 1.165) is 18.1 Å². The van der Waals surface area contributed by atoms with Crippen molar-refractivity contribution in [3.63, 3.8) is 0 Å². The third-order valence-corrected chi connectivity index (χ3v) is 3.05. The second-order valence-electron chi connectivity index (χ2n) is 2.11. The number of thioether (sulfide) groups is 2. The minimum atomic E-state index is -0.0968.